The molecule has 0 N–H and O–H groups in total. The number of aromatic nitrogens is 3. The van der Waals surface area contributed by atoms with Gasteiger partial charge in [0.1, 0.15) is 0 Å². The van der Waals surface area contributed by atoms with Crippen molar-refractivity contribution in [2.24, 2.45) is 0 Å². The standard InChI is InChI=1S/C49H29N3S/c1-3-11-34-27-36(23-17-30(34)9-1)43-29-44(37-24-18-31-10-2-4-12-35(31)28-37)52-49(51-43)33-21-19-32(20-22-33)47-41-26-25-39-38-13-6-8-16-45(38)53-48(39)46(41)40-14-5-7-15-42(40)50-47/h1-29H. The fourth-order valence-electron chi connectivity index (χ4n) is 7.78. The molecule has 0 amide bonds. The smallest absolute Gasteiger partial charge is 0.160 e. The van der Waals surface area contributed by atoms with Crippen molar-refractivity contribution in [1.29, 1.82) is 0 Å². The minimum absolute atomic E-state index is 0.689. The van der Waals surface area contributed by atoms with Gasteiger partial charge in [-0.2, -0.15) is 0 Å². The van der Waals surface area contributed by atoms with Crippen molar-refractivity contribution in [3.05, 3.63) is 176 Å². The molecule has 0 bridgehead atoms. The Morgan fingerprint density at radius 1 is 0.358 bits per heavy atom. The van der Waals surface area contributed by atoms with Gasteiger partial charge in [-0.1, -0.05) is 146 Å². The van der Waals surface area contributed by atoms with Crippen LogP contribution >= 0.6 is 11.3 Å². The van der Waals surface area contributed by atoms with Crippen molar-refractivity contribution in [2.75, 3.05) is 0 Å². The Balaban J connectivity index is 1.07. The van der Waals surface area contributed by atoms with Crippen LogP contribution in [0.3, 0.4) is 0 Å². The van der Waals surface area contributed by atoms with Crippen LogP contribution in [0.5, 0.6) is 0 Å². The average Bonchev–Trinajstić information content (AvgIpc) is 3.62. The van der Waals surface area contributed by atoms with Gasteiger partial charge in [-0.15, -0.1) is 11.3 Å². The van der Waals surface area contributed by atoms with Crippen LogP contribution < -0.4 is 0 Å². The first kappa shape index (κ1) is 29.9. The zero-order valence-corrected chi connectivity index (χ0v) is 29.3. The van der Waals surface area contributed by atoms with E-state index in [1.165, 1.54) is 52.5 Å². The van der Waals surface area contributed by atoms with E-state index in [1.54, 1.807) is 0 Å². The second-order valence-corrected chi connectivity index (χ2v) is 14.7. The lowest BCUT2D eigenvalue weighted by molar-refractivity contribution is 1.18. The van der Waals surface area contributed by atoms with Crippen molar-refractivity contribution >= 4 is 74.7 Å². The molecular weight excluding hydrogens is 663 g/mol. The van der Waals surface area contributed by atoms with Gasteiger partial charge in [-0.3, -0.25) is 0 Å². The van der Waals surface area contributed by atoms with Crippen molar-refractivity contribution in [2.45, 2.75) is 0 Å². The maximum Gasteiger partial charge on any atom is 0.160 e. The van der Waals surface area contributed by atoms with E-state index in [4.69, 9.17) is 15.0 Å². The number of fused-ring (bicyclic) bond motifs is 9. The normalized spacial score (nSPS) is 11.8. The Kier molecular flexibility index (Phi) is 6.73. The van der Waals surface area contributed by atoms with Crippen molar-refractivity contribution in [3.8, 4) is 45.2 Å². The van der Waals surface area contributed by atoms with E-state index in [-0.39, 0.29) is 0 Å². The summed E-state index contributed by atoms with van der Waals surface area (Å²) in [6.45, 7) is 0. The molecule has 11 aromatic rings. The van der Waals surface area contributed by atoms with Gasteiger partial charge in [0.05, 0.1) is 22.6 Å². The molecule has 3 aromatic heterocycles. The van der Waals surface area contributed by atoms with Gasteiger partial charge in [0.15, 0.2) is 5.82 Å². The molecule has 0 aliphatic heterocycles. The largest absolute Gasteiger partial charge is 0.247 e. The van der Waals surface area contributed by atoms with E-state index in [0.717, 1.165) is 50.2 Å². The second-order valence-electron chi connectivity index (χ2n) is 13.6. The monoisotopic (exact) mass is 691 g/mol. The van der Waals surface area contributed by atoms with Crippen LogP contribution in [0.1, 0.15) is 0 Å². The molecule has 246 valence electrons. The lowest BCUT2D eigenvalue weighted by atomic mass is 9.97. The van der Waals surface area contributed by atoms with Gasteiger partial charge in [0.2, 0.25) is 0 Å². The van der Waals surface area contributed by atoms with Crippen LogP contribution in [-0.2, 0) is 0 Å². The molecule has 0 atom stereocenters. The molecule has 3 heterocycles. The Hall–Kier alpha value is -6.75. The minimum atomic E-state index is 0.689. The van der Waals surface area contributed by atoms with E-state index in [9.17, 15) is 0 Å². The summed E-state index contributed by atoms with van der Waals surface area (Å²) >= 11 is 1.87. The first-order valence-corrected chi connectivity index (χ1v) is 18.7. The summed E-state index contributed by atoms with van der Waals surface area (Å²) in [7, 11) is 0. The molecule has 0 fully saturated rings. The third-order valence-electron chi connectivity index (χ3n) is 10.4. The van der Waals surface area contributed by atoms with Crippen molar-refractivity contribution in [1.82, 2.24) is 15.0 Å². The van der Waals surface area contributed by atoms with Crippen LogP contribution in [0.2, 0.25) is 0 Å². The highest BCUT2D eigenvalue weighted by Crippen LogP contribution is 2.43. The van der Waals surface area contributed by atoms with Gasteiger partial charge >= 0.3 is 0 Å². The van der Waals surface area contributed by atoms with Crippen LogP contribution in [-0.4, -0.2) is 15.0 Å². The Labute approximate surface area is 309 Å². The third kappa shape index (κ3) is 4.99. The number of benzene rings is 8. The number of rotatable bonds is 4. The van der Waals surface area contributed by atoms with E-state index in [2.05, 4.69) is 176 Å². The third-order valence-corrected chi connectivity index (χ3v) is 11.6. The quantitative estimate of drug-likeness (QED) is 0.172. The minimum Gasteiger partial charge on any atom is -0.247 e. The fraction of sp³-hybridized carbons (Fsp3) is 0. The number of para-hydroxylation sites is 1. The summed E-state index contributed by atoms with van der Waals surface area (Å²) in [6.07, 6.45) is 0. The van der Waals surface area contributed by atoms with Gasteiger partial charge in [-0.25, -0.2) is 15.0 Å². The second kappa shape index (κ2) is 11.9. The molecule has 4 heteroatoms. The SMILES string of the molecule is c1ccc2cc(-c3cc(-c4ccc5ccccc5c4)nc(-c4ccc(-c5nc6ccccc6c6c5ccc5c7ccccc7sc56)cc4)n3)ccc2c1. The molecular formula is C49H29N3S. The highest BCUT2D eigenvalue weighted by Gasteiger charge is 2.17. The molecule has 0 saturated heterocycles. The molecule has 0 spiro atoms. The summed E-state index contributed by atoms with van der Waals surface area (Å²) in [5.41, 5.74) is 7.89. The maximum atomic E-state index is 5.27. The summed E-state index contributed by atoms with van der Waals surface area (Å²) in [5.74, 6) is 0.689. The van der Waals surface area contributed by atoms with Gasteiger partial charge in [-0.05, 0) is 51.9 Å². The first-order chi connectivity index (χ1) is 26.2. The molecule has 0 aliphatic rings. The Bertz CT molecular complexity index is 3140. The van der Waals surface area contributed by atoms with Gasteiger partial charge < -0.3 is 0 Å². The van der Waals surface area contributed by atoms with Gasteiger partial charge in [0.25, 0.3) is 0 Å². The van der Waals surface area contributed by atoms with E-state index in [1.807, 2.05) is 11.3 Å². The van der Waals surface area contributed by atoms with Crippen LogP contribution in [0, 0.1) is 0 Å². The summed E-state index contributed by atoms with van der Waals surface area (Å²) in [5, 5.41) is 11.0. The Morgan fingerprint density at radius 2 is 0.906 bits per heavy atom. The predicted octanol–water partition coefficient (Wildman–Crippen LogP) is 13.5. The highest BCUT2D eigenvalue weighted by molar-refractivity contribution is 7.26. The summed E-state index contributed by atoms with van der Waals surface area (Å²) in [4.78, 5) is 15.7. The summed E-state index contributed by atoms with van der Waals surface area (Å²) < 4.78 is 2.61. The number of pyridine rings is 1. The van der Waals surface area contributed by atoms with Crippen molar-refractivity contribution in [3.63, 3.8) is 0 Å². The topological polar surface area (TPSA) is 38.7 Å². The van der Waals surface area contributed by atoms with Crippen molar-refractivity contribution < 1.29 is 0 Å². The van der Waals surface area contributed by atoms with Crippen LogP contribution in [0.15, 0.2) is 176 Å². The number of nitrogens with zero attached hydrogens (tertiary/aromatic N) is 3. The Morgan fingerprint density at radius 3 is 1.60 bits per heavy atom. The first-order valence-electron chi connectivity index (χ1n) is 17.8. The van der Waals surface area contributed by atoms with E-state index in [0.29, 0.717) is 5.82 Å². The molecule has 8 aromatic carbocycles. The molecule has 53 heavy (non-hydrogen) atoms. The molecule has 0 saturated carbocycles. The lowest BCUT2D eigenvalue weighted by Gasteiger charge is -2.13. The number of thiophene rings is 1. The zero-order chi connectivity index (χ0) is 34.9. The molecule has 11 rings (SSSR count). The van der Waals surface area contributed by atoms with E-state index >= 15 is 0 Å². The molecule has 0 radical (unpaired) electrons. The number of hydrogen-bond donors (Lipinski definition) is 0. The molecule has 0 aliphatic carbocycles. The lowest BCUT2D eigenvalue weighted by Crippen LogP contribution is -1.96. The fourth-order valence-corrected chi connectivity index (χ4v) is 9.05. The molecule has 0 unspecified atom stereocenters. The van der Waals surface area contributed by atoms with Crippen LogP contribution in [0.4, 0.5) is 0 Å². The highest BCUT2D eigenvalue weighted by atomic mass is 32.1. The number of hydrogen-bond acceptors (Lipinski definition) is 4. The van der Waals surface area contributed by atoms with E-state index < -0.39 is 0 Å². The zero-order valence-electron chi connectivity index (χ0n) is 28.5. The van der Waals surface area contributed by atoms with Crippen LogP contribution in [0.25, 0.3) is 109 Å². The molecule has 3 nitrogen and oxygen atoms in total. The predicted molar refractivity (Wildman–Crippen MR) is 224 cm³/mol. The summed E-state index contributed by atoms with van der Waals surface area (Å²) in [6, 6.07) is 62.5. The maximum absolute atomic E-state index is 5.27. The average molecular weight is 692 g/mol. The van der Waals surface area contributed by atoms with Gasteiger partial charge in [0, 0.05) is 58.6 Å².